The molecule has 1 unspecified atom stereocenters. The molecule has 0 fully saturated rings. The molecule has 0 aliphatic carbocycles. The Morgan fingerprint density at radius 2 is 2.29 bits per heavy atom. The van der Waals surface area contributed by atoms with Gasteiger partial charge in [-0.1, -0.05) is 0 Å². The fraction of sp³-hybridized carbons (Fsp3) is 0.429. The van der Waals surface area contributed by atoms with Gasteiger partial charge in [-0.2, -0.15) is 5.10 Å². The Balaban J connectivity index is 2.84. The first-order chi connectivity index (χ1) is 6.43. The summed E-state index contributed by atoms with van der Waals surface area (Å²) in [5.74, 6) is -0.239. The van der Waals surface area contributed by atoms with E-state index in [2.05, 4.69) is 14.9 Å². The van der Waals surface area contributed by atoms with Crippen molar-refractivity contribution in [2.45, 2.75) is 24.8 Å². The minimum absolute atomic E-state index is 0.0191. The van der Waals surface area contributed by atoms with E-state index in [0.717, 1.165) is 0 Å². The monoisotopic (exact) mass is 217 g/mol. The van der Waals surface area contributed by atoms with Crippen molar-refractivity contribution in [3.05, 3.63) is 12.4 Å². The van der Waals surface area contributed by atoms with Gasteiger partial charge in [0.25, 0.3) is 0 Å². The van der Waals surface area contributed by atoms with E-state index in [1.54, 1.807) is 0 Å². The molecule has 0 saturated heterocycles. The van der Waals surface area contributed by atoms with E-state index in [-0.39, 0.29) is 10.7 Å². The van der Waals surface area contributed by atoms with Gasteiger partial charge < -0.3 is 0 Å². The van der Waals surface area contributed by atoms with Gasteiger partial charge in [0.1, 0.15) is 10.7 Å². The lowest BCUT2D eigenvalue weighted by molar-refractivity contribution is -0.118. The Morgan fingerprint density at radius 3 is 2.71 bits per heavy atom. The van der Waals surface area contributed by atoms with E-state index < -0.39 is 16.1 Å². The van der Waals surface area contributed by atoms with Crippen molar-refractivity contribution in [2.75, 3.05) is 0 Å². The zero-order chi connectivity index (χ0) is 10.8. The number of H-pyrrole nitrogens is 1. The lowest BCUT2D eigenvalue weighted by Gasteiger charge is -2.09. The molecular formula is C7H11N3O3S. The first kappa shape index (κ1) is 10.9. The molecule has 0 bridgehead atoms. The number of sulfonamides is 1. The van der Waals surface area contributed by atoms with Crippen LogP contribution in [0, 0.1) is 0 Å². The second-order valence-corrected chi connectivity index (χ2v) is 4.60. The van der Waals surface area contributed by atoms with Crippen molar-refractivity contribution in [1.82, 2.24) is 14.9 Å². The standard InChI is InChI=1S/C7H11N3O3S/c1-5(6(2)11)10-14(12,13)7-3-8-9-4-7/h3-5,10H,1-2H3,(H,8,9). The van der Waals surface area contributed by atoms with Gasteiger partial charge in [-0.05, 0) is 13.8 Å². The molecule has 1 heterocycles. The highest BCUT2D eigenvalue weighted by molar-refractivity contribution is 7.89. The number of aromatic nitrogens is 2. The molecule has 0 amide bonds. The maximum atomic E-state index is 11.5. The lowest BCUT2D eigenvalue weighted by atomic mass is 10.3. The second-order valence-electron chi connectivity index (χ2n) is 2.89. The van der Waals surface area contributed by atoms with Crippen LogP contribution in [-0.4, -0.2) is 30.4 Å². The van der Waals surface area contributed by atoms with Crippen LogP contribution in [0.2, 0.25) is 0 Å². The second kappa shape index (κ2) is 3.89. The van der Waals surface area contributed by atoms with E-state index >= 15 is 0 Å². The maximum absolute atomic E-state index is 11.5. The molecule has 78 valence electrons. The van der Waals surface area contributed by atoms with Gasteiger partial charge in [-0.25, -0.2) is 13.1 Å². The first-order valence-electron chi connectivity index (χ1n) is 3.95. The average Bonchev–Trinajstić information content (AvgIpc) is 2.54. The largest absolute Gasteiger partial charge is 0.298 e. The molecular weight excluding hydrogens is 206 g/mol. The van der Waals surface area contributed by atoms with Crippen molar-refractivity contribution in [3.63, 3.8) is 0 Å². The molecule has 0 aliphatic heterocycles. The van der Waals surface area contributed by atoms with Crippen LogP contribution in [-0.2, 0) is 14.8 Å². The highest BCUT2D eigenvalue weighted by atomic mass is 32.2. The van der Waals surface area contributed by atoms with E-state index in [4.69, 9.17) is 0 Å². The van der Waals surface area contributed by atoms with Gasteiger partial charge in [0.15, 0.2) is 0 Å². The minimum Gasteiger partial charge on any atom is -0.298 e. The minimum atomic E-state index is -3.63. The van der Waals surface area contributed by atoms with Crippen LogP contribution in [0.5, 0.6) is 0 Å². The summed E-state index contributed by atoms with van der Waals surface area (Å²) in [6.45, 7) is 2.81. The highest BCUT2D eigenvalue weighted by Crippen LogP contribution is 2.05. The van der Waals surface area contributed by atoms with E-state index in [1.165, 1.54) is 26.2 Å². The zero-order valence-corrected chi connectivity index (χ0v) is 8.63. The molecule has 1 aromatic rings. The number of rotatable bonds is 4. The number of aromatic amines is 1. The molecule has 1 rings (SSSR count). The van der Waals surface area contributed by atoms with Gasteiger partial charge in [0.2, 0.25) is 10.0 Å². The van der Waals surface area contributed by atoms with Crippen LogP contribution in [0.1, 0.15) is 13.8 Å². The van der Waals surface area contributed by atoms with Crippen LogP contribution >= 0.6 is 0 Å². The van der Waals surface area contributed by atoms with Crippen LogP contribution < -0.4 is 4.72 Å². The normalized spacial score (nSPS) is 13.9. The average molecular weight is 217 g/mol. The van der Waals surface area contributed by atoms with Crippen LogP contribution in [0.3, 0.4) is 0 Å². The maximum Gasteiger partial charge on any atom is 0.244 e. The highest BCUT2D eigenvalue weighted by Gasteiger charge is 2.20. The molecule has 6 nitrogen and oxygen atoms in total. The number of nitrogens with one attached hydrogen (secondary N) is 2. The van der Waals surface area contributed by atoms with Gasteiger partial charge in [-0.15, -0.1) is 0 Å². The third-order valence-electron chi connectivity index (χ3n) is 1.73. The number of Topliss-reactive ketones (excluding diaryl/α,β-unsaturated/α-hetero) is 1. The van der Waals surface area contributed by atoms with Crippen molar-refractivity contribution in [3.8, 4) is 0 Å². The van der Waals surface area contributed by atoms with Crippen LogP contribution in [0.15, 0.2) is 17.3 Å². The van der Waals surface area contributed by atoms with Crippen LogP contribution in [0.25, 0.3) is 0 Å². The van der Waals surface area contributed by atoms with Crippen LogP contribution in [0.4, 0.5) is 0 Å². The summed E-state index contributed by atoms with van der Waals surface area (Å²) in [6, 6.07) is -0.727. The van der Waals surface area contributed by atoms with Crippen molar-refractivity contribution in [1.29, 1.82) is 0 Å². The topological polar surface area (TPSA) is 91.9 Å². The summed E-state index contributed by atoms with van der Waals surface area (Å²) in [6.07, 6.45) is 2.42. The van der Waals surface area contributed by atoms with Gasteiger partial charge in [0.05, 0.1) is 12.2 Å². The molecule has 14 heavy (non-hydrogen) atoms. The summed E-state index contributed by atoms with van der Waals surface area (Å²) in [5.41, 5.74) is 0. The van der Waals surface area contributed by atoms with Crippen molar-refractivity contribution < 1.29 is 13.2 Å². The van der Waals surface area contributed by atoms with E-state index in [1.807, 2.05) is 0 Å². The van der Waals surface area contributed by atoms with Gasteiger partial charge in [-0.3, -0.25) is 9.89 Å². The Morgan fingerprint density at radius 1 is 1.64 bits per heavy atom. The number of carbonyl (C=O) groups excluding carboxylic acids is 1. The number of ketones is 1. The third-order valence-corrected chi connectivity index (χ3v) is 3.23. The molecule has 2 N–H and O–H groups in total. The predicted molar refractivity (Wildman–Crippen MR) is 49.1 cm³/mol. The molecule has 7 heteroatoms. The number of carbonyl (C=O) groups is 1. The summed E-state index contributed by atoms with van der Waals surface area (Å²) in [4.78, 5) is 10.9. The Labute approximate surface area is 81.8 Å². The van der Waals surface area contributed by atoms with E-state index in [0.29, 0.717) is 0 Å². The molecule has 1 atom stereocenters. The predicted octanol–water partition coefficient (Wildman–Crippen LogP) is -0.335. The van der Waals surface area contributed by atoms with Crippen molar-refractivity contribution in [2.24, 2.45) is 0 Å². The third kappa shape index (κ3) is 2.39. The molecule has 0 saturated carbocycles. The summed E-state index contributed by atoms with van der Waals surface area (Å²) in [7, 11) is -3.63. The summed E-state index contributed by atoms with van der Waals surface area (Å²) < 4.78 is 25.2. The van der Waals surface area contributed by atoms with Gasteiger partial charge in [0, 0.05) is 6.20 Å². The Bertz CT molecular complexity index is 409. The zero-order valence-electron chi connectivity index (χ0n) is 7.81. The quantitative estimate of drug-likeness (QED) is 0.722. The van der Waals surface area contributed by atoms with Gasteiger partial charge >= 0.3 is 0 Å². The SMILES string of the molecule is CC(=O)C(C)NS(=O)(=O)c1cn[nH]c1. The molecule has 0 aromatic carbocycles. The first-order valence-corrected chi connectivity index (χ1v) is 5.43. The fourth-order valence-electron chi connectivity index (χ4n) is 0.770. The Hall–Kier alpha value is -1.21. The molecule has 0 aliphatic rings. The number of hydrogen-bond donors (Lipinski definition) is 2. The lowest BCUT2D eigenvalue weighted by Crippen LogP contribution is -2.37. The summed E-state index contributed by atoms with van der Waals surface area (Å²) >= 11 is 0. The fourth-order valence-corrected chi connectivity index (χ4v) is 1.94. The number of nitrogens with zero attached hydrogens (tertiary/aromatic N) is 1. The van der Waals surface area contributed by atoms with Crippen molar-refractivity contribution >= 4 is 15.8 Å². The summed E-state index contributed by atoms with van der Waals surface area (Å²) in [5, 5.41) is 5.90. The van der Waals surface area contributed by atoms with E-state index in [9.17, 15) is 13.2 Å². The molecule has 0 radical (unpaired) electrons. The smallest absolute Gasteiger partial charge is 0.244 e. The number of hydrogen-bond acceptors (Lipinski definition) is 4. The molecule has 0 spiro atoms. The Kier molecular flexibility index (Phi) is 3.02. The molecule has 1 aromatic heterocycles.